The number of ether oxygens (including phenoxy) is 1. The summed E-state index contributed by atoms with van der Waals surface area (Å²) in [5, 5.41) is 2.04. The van der Waals surface area contributed by atoms with Crippen molar-refractivity contribution in [2.24, 2.45) is 4.99 Å². The Morgan fingerprint density at radius 2 is 1.83 bits per heavy atom. The maximum absolute atomic E-state index is 14.9. The number of aliphatic imine (C=N–C) groups is 1. The highest BCUT2D eigenvalue weighted by atomic mass is 19.1. The molecule has 0 amide bonds. The molecule has 146 valence electrons. The van der Waals surface area contributed by atoms with E-state index in [1.807, 2.05) is 54.6 Å². The molecule has 3 aliphatic rings. The normalized spacial score (nSPS) is 23.6. The van der Waals surface area contributed by atoms with E-state index in [9.17, 15) is 8.78 Å². The predicted molar refractivity (Wildman–Crippen MR) is 110 cm³/mol. The Hall–Kier alpha value is -2.95. The fourth-order valence-corrected chi connectivity index (χ4v) is 5.71. The number of hydrogen-bond donors (Lipinski definition) is 0. The molecule has 2 heterocycles. The zero-order valence-corrected chi connectivity index (χ0v) is 16.1. The van der Waals surface area contributed by atoms with Gasteiger partial charge in [-0.3, -0.25) is 4.99 Å². The van der Waals surface area contributed by atoms with Crippen LogP contribution < -0.4 is 9.64 Å². The van der Waals surface area contributed by atoms with Crippen molar-refractivity contribution in [1.29, 1.82) is 0 Å². The van der Waals surface area contributed by atoms with Gasteiger partial charge >= 0.3 is 0 Å². The zero-order valence-electron chi connectivity index (χ0n) is 16.1. The molecule has 1 fully saturated rings. The third-order valence-electron chi connectivity index (χ3n) is 7.02. The number of benzene rings is 3. The molecule has 0 aromatic heterocycles. The molecule has 0 bridgehead atoms. The lowest BCUT2D eigenvalue weighted by molar-refractivity contribution is 0.0675. The van der Waals surface area contributed by atoms with Gasteiger partial charge in [-0.1, -0.05) is 43.2 Å². The van der Waals surface area contributed by atoms with Crippen molar-refractivity contribution in [2.45, 2.75) is 36.8 Å². The second-order valence-corrected chi connectivity index (χ2v) is 8.32. The SMILES string of the molecule is CN1c2c(F)cc(F)cc2C2(CCCC2)C12C=Nc1ccc3ccccc3c1O2. The Bertz CT molecular complexity index is 1200. The van der Waals surface area contributed by atoms with Crippen molar-refractivity contribution in [3.8, 4) is 5.75 Å². The van der Waals surface area contributed by atoms with Gasteiger partial charge in [0.15, 0.2) is 5.75 Å². The van der Waals surface area contributed by atoms with Gasteiger partial charge in [0, 0.05) is 18.5 Å². The number of fused-ring (bicyclic) bond motifs is 6. The van der Waals surface area contributed by atoms with Crippen LogP contribution in [0.5, 0.6) is 5.75 Å². The van der Waals surface area contributed by atoms with Gasteiger partial charge in [-0.2, -0.15) is 0 Å². The molecule has 1 unspecified atom stereocenters. The van der Waals surface area contributed by atoms with E-state index in [2.05, 4.69) is 0 Å². The molecule has 6 rings (SSSR count). The highest BCUT2D eigenvalue weighted by Crippen LogP contribution is 2.61. The molecule has 0 N–H and O–H groups in total. The molecule has 1 aliphatic carbocycles. The summed E-state index contributed by atoms with van der Waals surface area (Å²) < 4.78 is 36.0. The van der Waals surface area contributed by atoms with Crippen LogP contribution >= 0.6 is 0 Å². The third-order valence-corrected chi connectivity index (χ3v) is 7.02. The molecule has 5 heteroatoms. The second kappa shape index (κ2) is 5.56. The van der Waals surface area contributed by atoms with Gasteiger partial charge < -0.3 is 9.64 Å². The van der Waals surface area contributed by atoms with Crippen molar-refractivity contribution < 1.29 is 13.5 Å². The molecule has 2 spiro atoms. The number of anilines is 1. The Morgan fingerprint density at radius 1 is 1.03 bits per heavy atom. The molecule has 0 radical (unpaired) electrons. The number of rotatable bonds is 0. The van der Waals surface area contributed by atoms with Crippen LogP contribution in [0.15, 0.2) is 53.5 Å². The maximum atomic E-state index is 14.9. The minimum Gasteiger partial charge on any atom is -0.459 e. The first-order valence-electron chi connectivity index (χ1n) is 10.1. The summed E-state index contributed by atoms with van der Waals surface area (Å²) in [4.78, 5) is 6.61. The first-order valence-corrected chi connectivity index (χ1v) is 10.1. The molecular formula is C24H20F2N2O. The smallest absolute Gasteiger partial charge is 0.229 e. The average molecular weight is 390 g/mol. The quantitative estimate of drug-likeness (QED) is 0.479. The summed E-state index contributed by atoms with van der Waals surface area (Å²) in [7, 11) is 1.83. The summed E-state index contributed by atoms with van der Waals surface area (Å²) in [6, 6.07) is 14.5. The van der Waals surface area contributed by atoms with Crippen LogP contribution in [0.2, 0.25) is 0 Å². The number of nitrogens with zero attached hydrogens (tertiary/aromatic N) is 2. The largest absolute Gasteiger partial charge is 0.459 e. The van der Waals surface area contributed by atoms with E-state index in [0.29, 0.717) is 17.0 Å². The topological polar surface area (TPSA) is 24.8 Å². The van der Waals surface area contributed by atoms with E-state index < -0.39 is 22.8 Å². The van der Waals surface area contributed by atoms with Crippen molar-refractivity contribution in [3.63, 3.8) is 0 Å². The van der Waals surface area contributed by atoms with E-state index in [1.165, 1.54) is 6.07 Å². The summed E-state index contributed by atoms with van der Waals surface area (Å²) in [5.41, 5.74) is 0.377. The highest BCUT2D eigenvalue weighted by molar-refractivity contribution is 5.97. The van der Waals surface area contributed by atoms with E-state index in [0.717, 1.165) is 48.2 Å². The summed E-state index contributed by atoms with van der Waals surface area (Å²) in [6.07, 6.45) is 5.41. The first-order chi connectivity index (χ1) is 14.1. The van der Waals surface area contributed by atoms with Crippen LogP contribution in [0, 0.1) is 11.6 Å². The third kappa shape index (κ3) is 1.98. The predicted octanol–water partition coefficient (Wildman–Crippen LogP) is 5.87. The molecule has 3 aromatic rings. The summed E-state index contributed by atoms with van der Waals surface area (Å²) in [5.74, 6) is -0.389. The van der Waals surface area contributed by atoms with Gasteiger partial charge in [0.25, 0.3) is 0 Å². The van der Waals surface area contributed by atoms with E-state index in [4.69, 9.17) is 9.73 Å². The van der Waals surface area contributed by atoms with Gasteiger partial charge in [0.2, 0.25) is 5.72 Å². The van der Waals surface area contributed by atoms with Crippen molar-refractivity contribution >= 4 is 28.4 Å². The van der Waals surface area contributed by atoms with Gasteiger partial charge in [-0.25, -0.2) is 8.78 Å². The summed E-state index contributed by atoms with van der Waals surface area (Å²) >= 11 is 0. The van der Waals surface area contributed by atoms with Gasteiger partial charge in [-0.05, 0) is 35.9 Å². The van der Waals surface area contributed by atoms with Gasteiger partial charge in [0.1, 0.15) is 17.3 Å². The average Bonchev–Trinajstić information content (AvgIpc) is 3.29. The molecule has 1 atom stereocenters. The standard InChI is InChI=1S/C24H20F2N2O/c1-28-21-18(12-16(25)13-19(21)26)23(10-4-5-11-23)24(28)14-27-20-9-8-15-6-2-3-7-17(15)22(20)29-24/h2-3,6-9,12-14H,4-5,10-11H2,1H3. The second-order valence-electron chi connectivity index (χ2n) is 8.32. The lowest BCUT2D eigenvalue weighted by Crippen LogP contribution is -2.62. The Balaban J connectivity index is 1.63. The first kappa shape index (κ1) is 17.0. The van der Waals surface area contributed by atoms with Crippen LogP contribution in [-0.4, -0.2) is 19.0 Å². The van der Waals surface area contributed by atoms with E-state index in [-0.39, 0.29) is 0 Å². The Kier molecular flexibility index (Phi) is 3.25. The molecule has 29 heavy (non-hydrogen) atoms. The van der Waals surface area contributed by atoms with Crippen LogP contribution in [0.25, 0.3) is 10.8 Å². The van der Waals surface area contributed by atoms with E-state index in [1.54, 1.807) is 0 Å². The van der Waals surface area contributed by atoms with Crippen molar-refractivity contribution in [2.75, 3.05) is 11.9 Å². The fraction of sp³-hybridized carbons (Fsp3) is 0.292. The number of likely N-dealkylation sites (N-methyl/N-ethyl adjacent to an activating group) is 1. The van der Waals surface area contributed by atoms with E-state index >= 15 is 0 Å². The molecule has 2 aliphatic heterocycles. The van der Waals surface area contributed by atoms with Crippen molar-refractivity contribution in [3.05, 3.63) is 65.7 Å². The molecule has 1 saturated carbocycles. The lowest BCUT2D eigenvalue weighted by atomic mass is 9.72. The molecule has 3 nitrogen and oxygen atoms in total. The van der Waals surface area contributed by atoms with Crippen LogP contribution in [0.3, 0.4) is 0 Å². The zero-order chi connectivity index (χ0) is 19.8. The highest BCUT2D eigenvalue weighted by Gasteiger charge is 2.65. The van der Waals surface area contributed by atoms with Crippen LogP contribution in [-0.2, 0) is 5.41 Å². The lowest BCUT2D eigenvalue weighted by Gasteiger charge is -2.46. The minimum atomic E-state index is -0.975. The fourth-order valence-electron chi connectivity index (χ4n) is 5.71. The molecule has 3 aromatic carbocycles. The maximum Gasteiger partial charge on any atom is 0.229 e. The van der Waals surface area contributed by atoms with Crippen LogP contribution in [0.1, 0.15) is 31.2 Å². The Labute approximate surface area is 167 Å². The van der Waals surface area contributed by atoms with Gasteiger partial charge in [-0.15, -0.1) is 0 Å². The minimum absolute atomic E-state index is 0.420. The summed E-state index contributed by atoms with van der Waals surface area (Å²) in [6.45, 7) is 0. The monoisotopic (exact) mass is 390 g/mol. The van der Waals surface area contributed by atoms with Crippen molar-refractivity contribution in [1.82, 2.24) is 0 Å². The molecular weight excluding hydrogens is 370 g/mol. The number of halogens is 2. The molecule has 0 saturated heterocycles. The number of hydrogen-bond acceptors (Lipinski definition) is 3. The van der Waals surface area contributed by atoms with Gasteiger partial charge in [0.05, 0.1) is 17.3 Å². The van der Waals surface area contributed by atoms with Crippen LogP contribution in [0.4, 0.5) is 20.2 Å². The Morgan fingerprint density at radius 3 is 2.66 bits per heavy atom.